The second-order valence-electron chi connectivity index (χ2n) is 7.72. The number of rotatable bonds is 9. The summed E-state index contributed by atoms with van der Waals surface area (Å²) in [5.41, 5.74) is 2.37. The summed E-state index contributed by atoms with van der Waals surface area (Å²) >= 11 is 6.22. The van der Waals surface area contributed by atoms with Crippen molar-refractivity contribution in [1.29, 1.82) is 0 Å². The van der Waals surface area contributed by atoms with Gasteiger partial charge in [0.05, 0.1) is 38.7 Å². The van der Waals surface area contributed by atoms with Crippen LogP contribution in [0.5, 0.6) is 11.5 Å². The number of methoxy groups -OCH3 is 2. The van der Waals surface area contributed by atoms with Crippen LogP contribution < -0.4 is 19.1 Å². The molecule has 3 aromatic rings. The smallest absolute Gasteiger partial charge is 0.251 e. The number of hydrogen-bond acceptors (Lipinski definition) is 5. The topological polar surface area (TPSA) is 84.9 Å². The molecule has 1 N–H and O–H groups in total. The predicted octanol–water partition coefficient (Wildman–Crippen LogP) is 4.81. The SMILES string of the molecule is COc1ccc([C@H](C)NC(=O)c2ccc(N(Cc3ccccc3Cl)S(C)(=O)=O)cc2)cc1OC. The van der Waals surface area contributed by atoms with E-state index in [0.717, 1.165) is 11.8 Å². The molecule has 0 unspecified atom stereocenters. The Morgan fingerprint density at radius 1 is 1.00 bits per heavy atom. The number of carbonyl (C=O) groups excluding carboxylic acids is 1. The summed E-state index contributed by atoms with van der Waals surface area (Å²) in [6, 6.07) is 18.6. The second kappa shape index (κ2) is 10.8. The van der Waals surface area contributed by atoms with E-state index < -0.39 is 10.0 Å². The van der Waals surface area contributed by atoms with Gasteiger partial charge >= 0.3 is 0 Å². The van der Waals surface area contributed by atoms with Gasteiger partial charge in [-0.3, -0.25) is 9.10 Å². The summed E-state index contributed by atoms with van der Waals surface area (Å²) in [5.74, 6) is 0.892. The van der Waals surface area contributed by atoms with Gasteiger partial charge in [-0.1, -0.05) is 35.9 Å². The Balaban J connectivity index is 1.77. The van der Waals surface area contributed by atoms with Gasteiger partial charge in [-0.25, -0.2) is 8.42 Å². The van der Waals surface area contributed by atoms with Gasteiger partial charge < -0.3 is 14.8 Å². The van der Waals surface area contributed by atoms with E-state index in [0.29, 0.717) is 33.3 Å². The highest BCUT2D eigenvalue weighted by atomic mass is 35.5. The average Bonchev–Trinajstić information content (AvgIpc) is 2.82. The van der Waals surface area contributed by atoms with E-state index in [9.17, 15) is 13.2 Å². The Kier molecular flexibility index (Phi) is 8.06. The van der Waals surface area contributed by atoms with E-state index >= 15 is 0 Å². The number of carbonyl (C=O) groups is 1. The molecular weight excluding hydrogens is 476 g/mol. The van der Waals surface area contributed by atoms with Crippen LogP contribution in [0.15, 0.2) is 66.7 Å². The van der Waals surface area contributed by atoms with Gasteiger partial charge in [-0.05, 0) is 60.5 Å². The zero-order chi connectivity index (χ0) is 24.9. The van der Waals surface area contributed by atoms with Crippen molar-refractivity contribution in [2.45, 2.75) is 19.5 Å². The van der Waals surface area contributed by atoms with E-state index in [1.54, 1.807) is 68.8 Å². The molecular formula is C25H27ClN2O5S. The van der Waals surface area contributed by atoms with Gasteiger partial charge in [0.2, 0.25) is 10.0 Å². The van der Waals surface area contributed by atoms with E-state index in [1.807, 2.05) is 19.1 Å². The van der Waals surface area contributed by atoms with Gasteiger partial charge in [0.15, 0.2) is 11.5 Å². The summed E-state index contributed by atoms with van der Waals surface area (Å²) in [6.45, 7) is 1.95. The highest BCUT2D eigenvalue weighted by molar-refractivity contribution is 7.92. The summed E-state index contributed by atoms with van der Waals surface area (Å²) in [6.07, 6.45) is 1.13. The average molecular weight is 503 g/mol. The van der Waals surface area contributed by atoms with E-state index in [1.165, 1.54) is 4.31 Å². The normalized spacial score (nSPS) is 12.0. The molecule has 34 heavy (non-hydrogen) atoms. The molecule has 0 aromatic heterocycles. The molecule has 0 saturated heterocycles. The fourth-order valence-corrected chi connectivity index (χ4v) is 4.52. The maximum Gasteiger partial charge on any atom is 0.251 e. The van der Waals surface area contributed by atoms with Gasteiger partial charge in [-0.2, -0.15) is 0 Å². The summed E-state index contributed by atoms with van der Waals surface area (Å²) in [7, 11) is -0.467. The van der Waals surface area contributed by atoms with Crippen LogP contribution in [0, 0.1) is 0 Å². The first kappa shape index (κ1) is 25.4. The first-order valence-electron chi connectivity index (χ1n) is 10.5. The number of hydrogen-bond donors (Lipinski definition) is 1. The van der Waals surface area contributed by atoms with Crippen LogP contribution in [0.4, 0.5) is 5.69 Å². The molecule has 1 atom stereocenters. The van der Waals surface area contributed by atoms with Crippen LogP contribution in [-0.4, -0.2) is 34.8 Å². The quantitative estimate of drug-likeness (QED) is 0.453. The minimum atomic E-state index is -3.58. The number of sulfonamides is 1. The van der Waals surface area contributed by atoms with Crippen molar-refractivity contribution in [3.8, 4) is 11.5 Å². The molecule has 0 aliphatic carbocycles. The van der Waals surface area contributed by atoms with Gasteiger partial charge in [0.1, 0.15) is 0 Å². The van der Waals surface area contributed by atoms with Crippen molar-refractivity contribution in [3.63, 3.8) is 0 Å². The largest absolute Gasteiger partial charge is 0.493 e. The van der Waals surface area contributed by atoms with Crippen molar-refractivity contribution in [2.75, 3.05) is 24.8 Å². The maximum atomic E-state index is 12.8. The fourth-order valence-electron chi connectivity index (χ4n) is 3.45. The molecule has 3 rings (SSSR count). The Morgan fingerprint density at radius 3 is 2.24 bits per heavy atom. The number of halogens is 1. The van der Waals surface area contributed by atoms with Crippen LogP contribution in [0.2, 0.25) is 5.02 Å². The van der Waals surface area contributed by atoms with Gasteiger partial charge in [0, 0.05) is 10.6 Å². The van der Waals surface area contributed by atoms with E-state index in [2.05, 4.69) is 5.32 Å². The Bertz CT molecular complexity index is 1260. The lowest BCUT2D eigenvalue weighted by atomic mass is 10.1. The lowest BCUT2D eigenvalue weighted by Gasteiger charge is -2.23. The third-order valence-corrected chi connectivity index (χ3v) is 6.85. The molecule has 0 aliphatic heterocycles. The molecule has 3 aromatic carbocycles. The van der Waals surface area contributed by atoms with Gasteiger partial charge in [-0.15, -0.1) is 0 Å². The van der Waals surface area contributed by atoms with Crippen LogP contribution >= 0.6 is 11.6 Å². The van der Waals surface area contributed by atoms with Crippen molar-refractivity contribution < 1.29 is 22.7 Å². The highest BCUT2D eigenvalue weighted by Gasteiger charge is 2.20. The zero-order valence-electron chi connectivity index (χ0n) is 19.4. The Labute approximate surface area is 205 Å². The number of anilines is 1. The summed E-state index contributed by atoms with van der Waals surface area (Å²) < 4.78 is 36.7. The molecule has 0 saturated carbocycles. The molecule has 9 heteroatoms. The standard InChI is InChI=1S/C25H27ClN2O5S/c1-17(19-11-14-23(32-2)24(15-19)33-3)27-25(29)18-9-12-21(13-10-18)28(34(4,30)31)16-20-7-5-6-8-22(20)26/h5-15,17H,16H2,1-4H3,(H,27,29)/t17-/m0/s1. The predicted molar refractivity (Wildman–Crippen MR) is 134 cm³/mol. The highest BCUT2D eigenvalue weighted by Crippen LogP contribution is 2.30. The minimum absolute atomic E-state index is 0.0837. The van der Waals surface area contributed by atoms with Crippen LogP contribution in [0.25, 0.3) is 0 Å². The minimum Gasteiger partial charge on any atom is -0.493 e. The Morgan fingerprint density at radius 2 is 1.65 bits per heavy atom. The third-order valence-electron chi connectivity index (χ3n) is 5.34. The van der Waals surface area contributed by atoms with Crippen LogP contribution in [0.3, 0.4) is 0 Å². The second-order valence-corrected chi connectivity index (χ2v) is 10.0. The lowest BCUT2D eigenvalue weighted by molar-refractivity contribution is 0.0940. The van der Waals surface area contributed by atoms with Crippen molar-refractivity contribution in [1.82, 2.24) is 5.32 Å². The van der Waals surface area contributed by atoms with Crippen LogP contribution in [0.1, 0.15) is 34.5 Å². The number of ether oxygens (including phenoxy) is 2. The van der Waals surface area contributed by atoms with Crippen molar-refractivity contribution in [3.05, 3.63) is 88.4 Å². The van der Waals surface area contributed by atoms with Crippen molar-refractivity contribution in [2.24, 2.45) is 0 Å². The number of benzene rings is 3. The zero-order valence-corrected chi connectivity index (χ0v) is 21.0. The summed E-state index contributed by atoms with van der Waals surface area (Å²) in [4.78, 5) is 12.8. The molecule has 0 fully saturated rings. The number of nitrogens with zero attached hydrogens (tertiary/aromatic N) is 1. The lowest BCUT2D eigenvalue weighted by Crippen LogP contribution is -2.30. The molecule has 0 heterocycles. The van der Waals surface area contributed by atoms with Crippen molar-refractivity contribution >= 4 is 33.2 Å². The molecule has 7 nitrogen and oxygen atoms in total. The number of nitrogens with one attached hydrogen (secondary N) is 1. The van der Waals surface area contributed by atoms with Gasteiger partial charge in [0.25, 0.3) is 5.91 Å². The fraction of sp³-hybridized carbons (Fsp3) is 0.240. The number of amides is 1. The first-order chi connectivity index (χ1) is 16.1. The molecule has 0 bridgehead atoms. The third kappa shape index (κ3) is 6.01. The first-order valence-corrected chi connectivity index (χ1v) is 12.7. The van der Waals surface area contributed by atoms with E-state index in [-0.39, 0.29) is 18.5 Å². The maximum absolute atomic E-state index is 12.8. The molecule has 0 spiro atoms. The van der Waals surface area contributed by atoms with Crippen LogP contribution in [-0.2, 0) is 16.6 Å². The molecule has 180 valence electrons. The summed E-state index contributed by atoms with van der Waals surface area (Å²) in [5, 5.41) is 3.43. The molecule has 0 radical (unpaired) electrons. The van der Waals surface area contributed by atoms with E-state index in [4.69, 9.17) is 21.1 Å². The monoisotopic (exact) mass is 502 g/mol. The molecule has 0 aliphatic rings. The molecule has 1 amide bonds. The Hall–Kier alpha value is -3.23.